The van der Waals surface area contributed by atoms with E-state index in [0.717, 1.165) is 15.9 Å². The van der Waals surface area contributed by atoms with Crippen molar-refractivity contribution in [2.24, 2.45) is 0 Å². The van der Waals surface area contributed by atoms with Crippen LogP contribution in [0.1, 0.15) is 49.9 Å². The highest BCUT2D eigenvalue weighted by Gasteiger charge is 2.26. The molecule has 2 nitrogen and oxygen atoms in total. The molecular formula is C10H13BrN2. The van der Waals surface area contributed by atoms with Crippen LogP contribution in [0.5, 0.6) is 0 Å². The smallest absolute Gasteiger partial charge is 0.0798 e. The Morgan fingerprint density at radius 2 is 2.08 bits per heavy atom. The Morgan fingerprint density at radius 3 is 2.54 bits per heavy atom. The summed E-state index contributed by atoms with van der Waals surface area (Å²) in [5.74, 6) is 1.13. The second kappa shape index (κ2) is 3.37. The lowest BCUT2D eigenvalue weighted by Crippen LogP contribution is -1.99. The number of hydrogen-bond acceptors (Lipinski definition) is 2. The fourth-order valence-corrected chi connectivity index (χ4v) is 2.13. The first kappa shape index (κ1) is 9.13. The molecule has 0 N–H and O–H groups in total. The van der Waals surface area contributed by atoms with Crippen molar-refractivity contribution in [2.75, 3.05) is 0 Å². The first-order valence-corrected chi connectivity index (χ1v) is 5.51. The lowest BCUT2D eigenvalue weighted by molar-refractivity contribution is 0.759. The molecule has 1 aromatic heterocycles. The monoisotopic (exact) mass is 240 g/mol. The highest BCUT2D eigenvalue weighted by molar-refractivity contribution is 9.10. The summed E-state index contributed by atoms with van der Waals surface area (Å²) in [6.45, 7) is 4.26. The summed E-state index contributed by atoms with van der Waals surface area (Å²) in [6, 6.07) is 2.12. The van der Waals surface area contributed by atoms with Crippen molar-refractivity contribution in [2.45, 2.75) is 38.5 Å². The zero-order valence-electron chi connectivity index (χ0n) is 7.92. The van der Waals surface area contributed by atoms with E-state index in [4.69, 9.17) is 0 Å². The molecule has 0 spiro atoms. The molecule has 1 fully saturated rings. The van der Waals surface area contributed by atoms with Gasteiger partial charge in [0.25, 0.3) is 0 Å². The molecule has 0 atom stereocenters. The summed E-state index contributed by atoms with van der Waals surface area (Å²) in [5.41, 5.74) is 2.21. The number of hydrogen-bond donors (Lipinski definition) is 0. The molecule has 70 valence electrons. The third-order valence-electron chi connectivity index (χ3n) is 2.34. The van der Waals surface area contributed by atoms with E-state index in [-0.39, 0.29) is 0 Å². The van der Waals surface area contributed by atoms with Gasteiger partial charge in [-0.1, -0.05) is 13.8 Å². The van der Waals surface area contributed by atoms with Gasteiger partial charge in [0, 0.05) is 10.4 Å². The number of halogens is 1. The summed E-state index contributed by atoms with van der Waals surface area (Å²) in [7, 11) is 0. The van der Waals surface area contributed by atoms with Gasteiger partial charge >= 0.3 is 0 Å². The topological polar surface area (TPSA) is 25.8 Å². The van der Waals surface area contributed by atoms with Crippen LogP contribution in [0.4, 0.5) is 0 Å². The largest absolute Gasteiger partial charge is 0.155 e. The molecule has 1 aromatic rings. The highest BCUT2D eigenvalue weighted by atomic mass is 79.9. The third-order valence-corrected chi connectivity index (χ3v) is 2.97. The maximum atomic E-state index is 4.24. The van der Waals surface area contributed by atoms with Crippen molar-refractivity contribution >= 4 is 15.9 Å². The number of nitrogens with zero attached hydrogens (tertiary/aromatic N) is 2. The van der Waals surface area contributed by atoms with Crippen LogP contribution in [0.15, 0.2) is 10.5 Å². The molecule has 0 aromatic carbocycles. The molecule has 1 aliphatic carbocycles. The second-order valence-corrected chi connectivity index (χ2v) is 4.79. The van der Waals surface area contributed by atoms with Crippen molar-refractivity contribution < 1.29 is 0 Å². The predicted octanol–water partition coefficient (Wildman–Crippen LogP) is 3.24. The second-order valence-electron chi connectivity index (χ2n) is 3.93. The molecule has 0 bridgehead atoms. The van der Waals surface area contributed by atoms with Gasteiger partial charge in [-0.25, -0.2) is 0 Å². The summed E-state index contributed by atoms with van der Waals surface area (Å²) in [5, 5.41) is 8.48. The van der Waals surface area contributed by atoms with E-state index >= 15 is 0 Å². The van der Waals surface area contributed by atoms with Crippen LogP contribution in [0.2, 0.25) is 0 Å². The van der Waals surface area contributed by atoms with Crippen LogP contribution >= 0.6 is 15.9 Å². The molecule has 1 aliphatic rings. The molecule has 1 saturated carbocycles. The highest BCUT2D eigenvalue weighted by Crippen LogP contribution is 2.39. The van der Waals surface area contributed by atoms with Gasteiger partial charge in [0.1, 0.15) is 0 Å². The Bertz CT molecular complexity index is 319. The van der Waals surface area contributed by atoms with Gasteiger partial charge in [-0.3, -0.25) is 0 Å². The van der Waals surface area contributed by atoms with Gasteiger partial charge in [-0.15, -0.1) is 0 Å². The minimum atomic E-state index is 0.440. The standard InChI is InChI=1S/C10H13BrN2/c1-6(2)10-8(11)5-9(12-13-10)7-3-4-7/h5-7H,3-4H2,1-2H3. The van der Waals surface area contributed by atoms with Crippen molar-refractivity contribution in [1.29, 1.82) is 0 Å². The van der Waals surface area contributed by atoms with Crippen LogP contribution in [0.3, 0.4) is 0 Å². The lowest BCUT2D eigenvalue weighted by atomic mass is 10.1. The zero-order chi connectivity index (χ0) is 9.42. The van der Waals surface area contributed by atoms with Crippen LogP contribution in [0, 0.1) is 0 Å². The maximum absolute atomic E-state index is 4.24. The molecule has 3 heteroatoms. The average molecular weight is 241 g/mol. The Hall–Kier alpha value is -0.440. The zero-order valence-corrected chi connectivity index (χ0v) is 9.50. The van der Waals surface area contributed by atoms with Crippen molar-refractivity contribution in [3.8, 4) is 0 Å². The minimum Gasteiger partial charge on any atom is -0.155 e. The number of aromatic nitrogens is 2. The minimum absolute atomic E-state index is 0.440. The first-order chi connectivity index (χ1) is 6.18. The molecule has 0 saturated heterocycles. The van der Waals surface area contributed by atoms with Crippen molar-refractivity contribution in [3.05, 3.63) is 21.9 Å². The number of rotatable bonds is 2. The lowest BCUT2D eigenvalue weighted by Gasteiger charge is -2.06. The van der Waals surface area contributed by atoms with E-state index in [2.05, 4.69) is 46.0 Å². The van der Waals surface area contributed by atoms with Gasteiger partial charge in [0.2, 0.25) is 0 Å². The van der Waals surface area contributed by atoms with Crippen molar-refractivity contribution in [1.82, 2.24) is 10.2 Å². The Balaban J connectivity index is 2.31. The summed E-state index contributed by atoms with van der Waals surface area (Å²) < 4.78 is 1.11. The van der Waals surface area contributed by atoms with Gasteiger partial charge in [-0.05, 0) is 40.8 Å². The SMILES string of the molecule is CC(C)c1nnc(C2CC2)cc1Br. The molecule has 13 heavy (non-hydrogen) atoms. The van der Waals surface area contributed by atoms with Crippen LogP contribution in [-0.4, -0.2) is 10.2 Å². The molecular weight excluding hydrogens is 228 g/mol. The van der Waals surface area contributed by atoms with Crippen LogP contribution in [-0.2, 0) is 0 Å². The Kier molecular flexibility index (Phi) is 2.37. The van der Waals surface area contributed by atoms with E-state index in [1.54, 1.807) is 0 Å². The van der Waals surface area contributed by atoms with E-state index in [1.165, 1.54) is 12.8 Å². The van der Waals surface area contributed by atoms with E-state index in [9.17, 15) is 0 Å². The molecule has 0 aliphatic heterocycles. The Morgan fingerprint density at radius 1 is 1.38 bits per heavy atom. The van der Waals surface area contributed by atoms with Gasteiger partial charge < -0.3 is 0 Å². The normalized spacial score (nSPS) is 16.6. The quantitative estimate of drug-likeness (QED) is 0.794. The van der Waals surface area contributed by atoms with Gasteiger partial charge in [0.15, 0.2) is 0 Å². The van der Waals surface area contributed by atoms with E-state index < -0.39 is 0 Å². The molecule has 0 radical (unpaired) electrons. The Labute approximate surface area is 86.9 Å². The van der Waals surface area contributed by atoms with Crippen LogP contribution in [0.25, 0.3) is 0 Å². The van der Waals surface area contributed by atoms with Gasteiger partial charge in [-0.2, -0.15) is 10.2 Å². The molecule has 1 heterocycles. The molecule has 0 amide bonds. The average Bonchev–Trinajstić information content (AvgIpc) is 2.85. The summed E-state index contributed by atoms with van der Waals surface area (Å²) >= 11 is 3.54. The van der Waals surface area contributed by atoms with Crippen LogP contribution < -0.4 is 0 Å². The predicted molar refractivity (Wildman–Crippen MR) is 55.8 cm³/mol. The fraction of sp³-hybridized carbons (Fsp3) is 0.600. The third kappa shape index (κ3) is 1.90. The molecule has 0 unspecified atom stereocenters. The fourth-order valence-electron chi connectivity index (χ4n) is 1.36. The van der Waals surface area contributed by atoms with E-state index in [1.807, 2.05) is 0 Å². The van der Waals surface area contributed by atoms with Gasteiger partial charge in [0.05, 0.1) is 11.4 Å². The maximum Gasteiger partial charge on any atom is 0.0798 e. The van der Waals surface area contributed by atoms with Crippen molar-refractivity contribution in [3.63, 3.8) is 0 Å². The van der Waals surface area contributed by atoms with E-state index in [0.29, 0.717) is 11.8 Å². The summed E-state index contributed by atoms with van der Waals surface area (Å²) in [4.78, 5) is 0. The first-order valence-electron chi connectivity index (χ1n) is 4.71. The summed E-state index contributed by atoms with van der Waals surface area (Å²) in [6.07, 6.45) is 2.56. The molecule has 2 rings (SSSR count).